The van der Waals surface area contributed by atoms with E-state index in [1.165, 1.54) is 20.3 Å². The normalized spacial score (nSPS) is 20.9. The number of nitrogens with one attached hydrogen (secondary N) is 2. The lowest BCUT2D eigenvalue weighted by Gasteiger charge is -2.38. The quantitative estimate of drug-likeness (QED) is 0.329. The number of aliphatic hydroxyl groups excluding tert-OH is 1. The number of aryl methyl sites for hydroxylation is 1. The number of Topliss-reactive ketones (excluding diaryl/α,β-unsaturated/α-hetero) is 2. The minimum atomic E-state index is -1.99. The highest BCUT2D eigenvalue weighted by atomic mass is 35.5. The summed E-state index contributed by atoms with van der Waals surface area (Å²) in [5, 5.41) is 21.7. The number of aromatic amines is 1. The molecule has 3 heterocycles. The van der Waals surface area contributed by atoms with Gasteiger partial charge in [-0.15, -0.1) is 0 Å². The molecular weight excluding hydrogens is 594 g/mol. The first kappa shape index (κ1) is 29.4. The number of aliphatic hydroxyl groups is 1. The molecule has 0 fully saturated rings. The number of hydrogen-bond donors (Lipinski definition) is 3. The second-order valence-corrected chi connectivity index (χ2v) is 11.3. The van der Waals surface area contributed by atoms with Crippen molar-refractivity contribution in [2.24, 2.45) is 5.92 Å². The number of halogens is 1. The number of rotatable bonds is 8. The third-order valence-electron chi connectivity index (χ3n) is 8.46. The number of allylic oxidation sites excluding steroid dienone is 1. The molecule has 1 aliphatic carbocycles. The van der Waals surface area contributed by atoms with E-state index in [1.54, 1.807) is 31.3 Å². The van der Waals surface area contributed by atoms with E-state index in [9.17, 15) is 19.5 Å². The lowest BCUT2D eigenvalue weighted by molar-refractivity contribution is -0.122. The van der Waals surface area contributed by atoms with Gasteiger partial charge in [0.2, 0.25) is 24.1 Å². The molecule has 2 aromatic carbocycles. The van der Waals surface area contributed by atoms with Crippen molar-refractivity contribution in [1.29, 1.82) is 0 Å². The molecule has 12 nitrogen and oxygen atoms in total. The zero-order chi connectivity index (χ0) is 31.3. The topological polar surface area (TPSA) is 158 Å². The van der Waals surface area contributed by atoms with Crippen LogP contribution in [-0.2, 0) is 16.1 Å². The molecule has 3 atom stereocenters. The van der Waals surface area contributed by atoms with Gasteiger partial charge < -0.3 is 34.1 Å². The summed E-state index contributed by atoms with van der Waals surface area (Å²) in [6.07, 6.45) is 1.24. The molecule has 3 aromatic rings. The third kappa shape index (κ3) is 4.52. The number of nitrogens with zero attached hydrogens (tertiary/aromatic N) is 1. The molecule has 0 radical (unpaired) electrons. The van der Waals surface area contributed by atoms with Gasteiger partial charge in [0.15, 0.2) is 28.8 Å². The Balaban J connectivity index is 1.46. The Morgan fingerprint density at radius 1 is 1.20 bits per heavy atom. The van der Waals surface area contributed by atoms with Crippen LogP contribution >= 0.6 is 11.6 Å². The molecule has 1 spiro atoms. The van der Waals surface area contributed by atoms with Gasteiger partial charge in [0, 0.05) is 54.1 Å². The van der Waals surface area contributed by atoms with Gasteiger partial charge in [-0.1, -0.05) is 24.6 Å². The van der Waals surface area contributed by atoms with Crippen LogP contribution in [0.1, 0.15) is 52.9 Å². The molecule has 1 aromatic heterocycles. The molecule has 3 N–H and O–H groups in total. The van der Waals surface area contributed by atoms with Crippen LogP contribution in [0.25, 0.3) is 0 Å². The van der Waals surface area contributed by atoms with Crippen molar-refractivity contribution in [3.05, 3.63) is 69.2 Å². The first-order valence-corrected chi connectivity index (χ1v) is 14.3. The van der Waals surface area contributed by atoms with Gasteiger partial charge in [-0.2, -0.15) is 5.10 Å². The number of fused-ring (bicyclic) bond motifs is 2. The molecule has 1 amide bonds. The number of H-pyrrole nitrogens is 1. The molecule has 3 aliphatic rings. The lowest BCUT2D eigenvalue weighted by Crippen LogP contribution is -2.53. The van der Waals surface area contributed by atoms with E-state index >= 15 is 0 Å². The Bertz CT molecular complexity index is 1730. The van der Waals surface area contributed by atoms with Crippen molar-refractivity contribution in [1.82, 2.24) is 15.5 Å². The molecule has 6 rings (SSSR count). The Hall–Kier alpha value is -4.71. The highest BCUT2D eigenvalue weighted by Gasteiger charge is 2.61. The summed E-state index contributed by atoms with van der Waals surface area (Å²) in [6.45, 7) is 3.70. The van der Waals surface area contributed by atoms with Gasteiger partial charge in [0.25, 0.3) is 0 Å². The van der Waals surface area contributed by atoms with Crippen molar-refractivity contribution < 1.29 is 43.2 Å². The molecule has 0 saturated carbocycles. The number of hydrogen-bond acceptors (Lipinski definition) is 10. The van der Waals surface area contributed by atoms with E-state index < -0.39 is 40.7 Å². The number of carbonyl (C=O) groups is 3. The zero-order valence-electron chi connectivity index (χ0n) is 24.4. The van der Waals surface area contributed by atoms with Gasteiger partial charge in [-0.05, 0) is 24.6 Å². The molecule has 2 aliphatic heterocycles. The summed E-state index contributed by atoms with van der Waals surface area (Å²) >= 11 is 6.57. The van der Waals surface area contributed by atoms with Gasteiger partial charge in [0.05, 0.1) is 20.4 Å². The van der Waals surface area contributed by atoms with Crippen molar-refractivity contribution >= 4 is 29.1 Å². The lowest BCUT2D eigenvalue weighted by atomic mass is 9.69. The van der Waals surface area contributed by atoms with Crippen molar-refractivity contribution in [3.8, 4) is 28.7 Å². The average molecular weight is 624 g/mol. The largest absolute Gasteiger partial charge is 0.507 e. The number of aromatic nitrogens is 2. The number of ketones is 2. The summed E-state index contributed by atoms with van der Waals surface area (Å²) < 4.78 is 28.1. The van der Waals surface area contributed by atoms with E-state index in [1.807, 2.05) is 6.92 Å². The summed E-state index contributed by atoms with van der Waals surface area (Å²) in [5.41, 5.74) is 0.0271. The van der Waals surface area contributed by atoms with Crippen LogP contribution < -0.4 is 29.0 Å². The Labute approximate surface area is 257 Å². The van der Waals surface area contributed by atoms with E-state index in [4.69, 9.17) is 35.3 Å². The molecule has 0 bridgehead atoms. The molecule has 13 heteroatoms. The SMILES string of the molecule is COc1cc(OC)c2c(c1Cl)OC1(C2=O)C(O)=C(C(CC(=O)NCc2cn[nH]c2C)c2ccc3c(c2)OCO3)C(=O)CC1C. The minimum absolute atomic E-state index is 0.0205. The van der Waals surface area contributed by atoms with Crippen LogP contribution in [0.5, 0.6) is 28.7 Å². The zero-order valence-corrected chi connectivity index (χ0v) is 25.2. The highest BCUT2D eigenvalue weighted by Crippen LogP contribution is 2.56. The van der Waals surface area contributed by atoms with Crippen LogP contribution in [0.4, 0.5) is 0 Å². The fourth-order valence-corrected chi connectivity index (χ4v) is 6.32. The third-order valence-corrected chi connectivity index (χ3v) is 8.82. The van der Waals surface area contributed by atoms with Gasteiger partial charge in [-0.25, -0.2) is 0 Å². The number of amides is 1. The van der Waals surface area contributed by atoms with Crippen LogP contribution in [0.15, 0.2) is 41.8 Å². The predicted octanol–water partition coefficient (Wildman–Crippen LogP) is 4.34. The predicted molar refractivity (Wildman–Crippen MR) is 156 cm³/mol. The van der Waals surface area contributed by atoms with Crippen molar-refractivity contribution in [2.45, 2.75) is 44.8 Å². The monoisotopic (exact) mass is 623 g/mol. The fourth-order valence-electron chi connectivity index (χ4n) is 6.06. The number of carbonyl (C=O) groups excluding carboxylic acids is 3. The number of methoxy groups -OCH3 is 2. The maximum atomic E-state index is 14.2. The van der Waals surface area contributed by atoms with Crippen molar-refractivity contribution in [2.75, 3.05) is 21.0 Å². The summed E-state index contributed by atoms with van der Waals surface area (Å²) in [5.74, 6) is -2.53. The van der Waals surface area contributed by atoms with Gasteiger partial charge in [-0.3, -0.25) is 19.5 Å². The molecular formula is C31H30ClN3O9. The van der Waals surface area contributed by atoms with Gasteiger partial charge in [0.1, 0.15) is 22.1 Å². The molecule has 44 heavy (non-hydrogen) atoms. The smallest absolute Gasteiger partial charge is 0.231 e. The average Bonchev–Trinajstić information content (AvgIpc) is 3.72. The first-order chi connectivity index (χ1) is 21.1. The summed E-state index contributed by atoms with van der Waals surface area (Å²) in [4.78, 5) is 41.4. The van der Waals surface area contributed by atoms with Crippen LogP contribution in [0.3, 0.4) is 0 Å². The Morgan fingerprint density at radius 2 is 1.95 bits per heavy atom. The van der Waals surface area contributed by atoms with Crippen LogP contribution in [0.2, 0.25) is 5.02 Å². The van der Waals surface area contributed by atoms with Gasteiger partial charge >= 0.3 is 0 Å². The maximum absolute atomic E-state index is 14.2. The first-order valence-electron chi connectivity index (χ1n) is 13.9. The van der Waals surface area contributed by atoms with Crippen molar-refractivity contribution in [3.63, 3.8) is 0 Å². The van der Waals surface area contributed by atoms with Crippen LogP contribution in [0, 0.1) is 12.8 Å². The highest BCUT2D eigenvalue weighted by molar-refractivity contribution is 6.35. The number of ether oxygens (including phenoxy) is 5. The molecule has 3 unspecified atom stereocenters. The van der Waals surface area contributed by atoms with E-state index in [0.29, 0.717) is 17.1 Å². The molecule has 0 saturated heterocycles. The van der Waals surface area contributed by atoms with E-state index in [0.717, 1.165) is 11.3 Å². The standard InChI is InChI=1S/C31H30ClN3O9/c1-14-7-19(36)25(29(38)31(14)30(39)26-22(40-3)10-23(41-4)27(32)28(26)44-31)18(16-5-6-20-21(8-16)43-13-42-20)9-24(37)33-11-17-12-34-35-15(17)2/h5-6,8,10,12,14,18,38H,7,9,11,13H2,1-4H3,(H,33,37)(H,34,35). The minimum Gasteiger partial charge on any atom is -0.507 e. The maximum Gasteiger partial charge on any atom is 0.231 e. The second kappa shape index (κ2) is 11.1. The fraction of sp³-hybridized carbons (Fsp3) is 0.355. The summed E-state index contributed by atoms with van der Waals surface area (Å²) in [6, 6.07) is 6.49. The van der Waals surface area contributed by atoms with Crippen LogP contribution in [-0.4, -0.2) is 59.4 Å². The second-order valence-electron chi connectivity index (χ2n) is 10.9. The number of benzene rings is 2. The summed E-state index contributed by atoms with van der Waals surface area (Å²) in [7, 11) is 2.79. The Morgan fingerprint density at radius 3 is 2.66 bits per heavy atom. The Kier molecular flexibility index (Phi) is 7.40. The van der Waals surface area contributed by atoms with E-state index in [2.05, 4.69) is 15.5 Å². The molecule has 230 valence electrons. The van der Waals surface area contributed by atoms with E-state index in [-0.39, 0.29) is 59.6 Å².